The van der Waals surface area contributed by atoms with Crippen molar-refractivity contribution in [2.75, 3.05) is 6.79 Å². The Kier molecular flexibility index (Phi) is 3.98. The molecule has 1 aliphatic heterocycles. The van der Waals surface area contributed by atoms with Crippen LogP contribution >= 0.6 is 12.4 Å². The SMILES string of the molecule is Cl.N[C@@H](Cc1ccc2c(c1)OCO2)C(=O)O. The molecule has 0 fully saturated rings. The number of aliphatic carboxylic acids is 1. The Hall–Kier alpha value is -1.46. The maximum absolute atomic E-state index is 10.6. The molecule has 0 unspecified atom stereocenters. The van der Waals surface area contributed by atoms with E-state index in [0.29, 0.717) is 11.5 Å². The van der Waals surface area contributed by atoms with Gasteiger partial charge in [-0.15, -0.1) is 12.4 Å². The third-order valence-electron chi connectivity index (χ3n) is 2.21. The standard InChI is InChI=1S/C10H11NO4.ClH/c11-7(10(12)13)3-6-1-2-8-9(4-6)15-5-14-8;/h1-2,4,7H,3,5,11H2,(H,12,13);1H/t7-;/m0./s1. The lowest BCUT2D eigenvalue weighted by Gasteiger charge is -2.06. The number of benzene rings is 1. The summed E-state index contributed by atoms with van der Waals surface area (Å²) >= 11 is 0. The minimum atomic E-state index is -1.01. The Balaban J connectivity index is 0.00000128. The molecular formula is C10H12ClNO4. The lowest BCUT2D eigenvalue weighted by Crippen LogP contribution is -2.32. The first-order chi connectivity index (χ1) is 7.16. The van der Waals surface area contributed by atoms with E-state index in [-0.39, 0.29) is 25.6 Å². The van der Waals surface area contributed by atoms with Crippen LogP contribution in [0, 0.1) is 0 Å². The summed E-state index contributed by atoms with van der Waals surface area (Å²) in [5.41, 5.74) is 6.25. The summed E-state index contributed by atoms with van der Waals surface area (Å²) < 4.78 is 10.3. The maximum Gasteiger partial charge on any atom is 0.320 e. The molecule has 6 heteroatoms. The van der Waals surface area contributed by atoms with Gasteiger partial charge in [0.15, 0.2) is 11.5 Å². The number of carboxylic acid groups (broad SMARTS) is 1. The zero-order valence-electron chi connectivity index (χ0n) is 8.38. The third kappa shape index (κ3) is 2.56. The van der Waals surface area contributed by atoms with E-state index in [2.05, 4.69) is 0 Å². The topological polar surface area (TPSA) is 81.8 Å². The van der Waals surface area contributed by atoms with E-state index < -0.39 is 12.0 Å². The largest absolute Gasteiger partial charge is 0.480 e. The van der Waals surface area contributed by atoms with Gasteiger partial charge in [0.2, 0.25) is 6.79 Å². The molecule has 1 atom stereocenters. The molecule has 1 heterocycles. The van der Waals surface area contributed by atoms with Crippen LogP contribution in [-0.4, -0.2) is 23.9 Å². The van der Waals surface area contributed by atoms with E-state index in [9.17, 15) is 4.79 Å². The molecule has 0 saturated heterocycles. The summed E-state index contributed by atoms with van der Waals surface area (Å²) in [6.07, 6.45) is 0.284. The van der Waals surface area contributed by atoms with E-state index in [0.717, 1.165) is 5.56 Å². The lowest BCUT2D eigenvalue weighted by molar-refractivity contribution is -0.138. The van der Waals surface area contributed by atoms with E-state index in [1.54, 1.807) is 18.2 Å². The molecule has 0 spiro atoms. The second-order valence-electron chi connectivity index (χ2n) is 3.34. The summed E-state index contributed by atoms with van der Waals surface area (Å²) in [4.78, 5) is 10.6. The molecule has 1 aromatic carbocycles. The highest BCUT2D eigenvalue weighted by Gasteiger charge is 2.16. The summed E-state index contributed by atoms with van der Waals surface area (Å²) in [6, 6.07) is 4.42. The second kappa shape index (κ2) is 5.05. The van der Waals surface area contributed by atoms with Crippen LogP contribution in [0.25, 0.3) is 0 Å². The van der Waals surface area contributed by atoms with Gasteiger partial charge in [0, 0.05) is 0 Å². The van der Waals surface area contributed by atoms with Crippen molar-refractivity contribution in [1.82, 2.24) is 0 Å². The smallest absolute Gasteiger partial charge is 0.320 e. The van der Waals surface area contributed by atoms with Gasteiger partial charge in [0.25, 0.3) is 0 Å². The molecule has 1 aliphatic rings. The summed E-state index contributed by atoms with van der Waals surface area (Å²) in [5.74, 6) is 0.320. The van der Waals surface area contributed by atoms with Crippen molar-refractivity contribution in [3.63, 3.8) is 0 Å². The molecular weight excluding hydrogens is 234 g/mol. The van der Waals surface area contributed by atoms with Crippen LogP contribution in [0.1, 0.15) is 5.56 Å². The fraction of sp³-hybridized carbons (Fsp3) is 0.300. The average Bonchev–Trinajstić information content (AvgIpc) is 2.64. The van der Waals surface area contributed by atoms with Gasteiger partial charge < -0.3 is 20.3 Å². The number of nitrogens with two attached hydrogens (primary N) is 1. The van der Waals surface area contributed by atoms with E-state index in [1.807, 2.05) is 0 Å². The fourth-order valence-electron chi connectivity index (χ4n) is 1.41. The van der Waals surface area contributed by atoms with Gasteiger partial charge in [0.1, 0.15) is 6.04 Å². The number of fused-ring (bicyclic) bond motifs is 1. The summed E-state index contributed by atoms with van der Waals surface area (Å²) in [5, 5.41) is 8.66. The van der Waals surface area contributed by atoms with Gasteiger partial charge in [-0.05, 0) is 24.1 Å². The average molecular weight is 246 g/mol. The number of hydrogen-bond donors (Lipinski definition) is 2. The minimum absolute atomic E-state index is 0. The van der Waals surface area contributed by atoms with Gasteiger partial charge >= 0.3 is 5.97 Å². The van der Waals surface area contributed by atoms with Crippen LogP contribution in [0.3, 0.4) is 0 Å². The Morgan fingerprint density at radius 3 is 2.81 bits per heavy atom. The highest BCUT2D eigenvalue weighted by molar-refractivity contribution is 5.85. The molecule has 0 aliphatic carbocycles. The second-order valence-corrected chi connectivity index (χ2v) is 3.34. The predicted molar refractivity (Wildman–Crippen MR) is 59.1 cm³/mol. The molecule has 1 aromatic rings. The first-order valence-electron chi connectivity index (χ1n) is 4.54. The molecule has 0 radical (unpaired) electrons. The van der Waals surface area contributed by atoms with Crippen molar-refractivity contribution >= 4 is 18.4 Å². The van der Waals surface area contributed by atoms with Crippen LogP contribution in [0.15, 0.2) is 18.2 Å². The third-order valence-corrected chi connectivity index (χ3v) is 2.21. The Bertz CT molecular complexity index is 396. The quantitative estimate of drug-likeness (QED) is 0.823. The van der Waals surface area contributed by atoms with Crippen molar-refractivity contribution < 1.29 is 19.4 Å². The molecule has 88 valence electrons. The highest BCUT2D eigenvalue weighted by atomic mass is 35.5. The monoisotopic (exact) mass is 245 g/mol. The van der Waals surface area contributed by atoms with Crippen molar-refractivity contribution in [1.29, 1.82) is 0 Å². The molecule has 0 saturated carbocycles. The van der Waals surface area contributed by atoms with Crippen LogP contribution in [0.4, 0.5) is 0 Å². The number of carboxylic acids is 1. The van der Waals surface area contributed by atoms with Crippen molar-refractivity contribution in [3.8, 4) is 11.5 Å². The zero-order chi connectivity index (χ0) is 10.8. The lowest BCUT2D eigenvalue weighted by atomic mass is 10.1. The Morgan fingerprint density at radius 1 is 1.44 bits per heavy atom. The summed E-state index contributed by atoms with van der Waals surface area (Å²) in [6.45, 7) is 0.212. The van der Waals surface area contributed by atoms with E-state index in [1.165, 1.54) is 0 Å². The minimum Gasteiger partial charge on any atom is -0.480 e. The number of halogens is 1. The first kappa shape index (κ1) is 12.6. The normalized spacial score (nSPS) is 14.1. The van der Waals surface area contributed by atoms with Gasteiger partial charge in [-0.3, -0.25) is 4.79 Å². The van der Waals surface area contributed by atoms with E-state index in [4.69, 9.17) is 20.3 Å². The van der Waals surface area contributed by atoms with E-state index >= 15 is 0 Å². The number of rotatable bonds is 3. The number of carbonyl (C=O) groups is 1. The van der Waals surface area contributed by atoms with Crippen molar-refractivity contribution in [2.24, 2.45) is 5.73 Å². The Labute approximate surface area is 98.6 Å². The number of hydrogen-bond acceptors (Lipinski definition) is 4. The van der Waals surface area contributed by atoms with Gasteiger partial charge in [0.05, 0.1) is 0 Å². The van der Waals surface area contributed by atoms with Crippen LogP contribution < -0.4 is 15.2 Å². The zero-order valence-corrected chi connectivity index (χ0v) is 9.20. The molecule has 3 N–H and O–H groups in total. The highest BCUT2D eigenvalue weighted by Crippen LogP contribution is 2.32. The van der Waals surface area contributed by atoms with Gasteiger partial charge in [-0.1, -0.05) is 6.07 Å². The van der Waals surface area contributed by atoms with Crippen molar-refractivity contribution in [2.45, 2.75) is 12.5 Å². The fourth-order valence-corrected chi connectivity index (χ4v) is 1.41. The van der Waals surface area contributed by atoms with Gasteiger partial charge in [-0.2, -0.15) is 0 Å². The van der Waals surface area contributed by atoms with Crippen LogP contribution in [0.2, 0.25) is 0 Å². The molecule has 5 nitrogen and oxygen atoms in total. The molecule has 16 heavy (non-hydrogen) atoms. The molecule has 2 rings (SSSR count). The maximum atomic E-state index is 10.6. The Morgan fingerprint density at radius 2 is 2.12 bits per heavy atom. The number of ether oxygens (including phenoxy) is 2. The van der Waals surface area contributed by atoms with Crippen LogP contribution in [0.5, 0.6) is 11.5 Å². The van der Waals surface area contributed by atoms with Gasteiger partial charge in [-0.25, -0.2) is 0 Å². The predicted octanol–water partition coefficient (Wildman–Crippen LogP) is 0.791. The summed E-state index contributed by atoms with van der Waals surface area (Å²) in [7, 11) is 0. The molecule has 0 bridgehead atoms. The van der Waals surface area contributed by atoms with Crippen LogP contribution in [-0.2, 0) is 11.2 Å². The van der Waals surface area contributed by atoms with Crippen molar-refractivity contribution in [3.05, 3.63) is 23.8 Å². The molecule has 0 amide bonds. The molecule has 0 aromatic heterocycles. The first-order valence-corrected chi connectivity index (χ1v) is 4.54.